The molecule has 158 valence electrons. The van der Waals surface area contributed by atoms with Crippen LogP contribution in [-0.2, 0) is 17.7 Å². The van der Waals surface area contributed by atoms with Crippen molar-refractivity contribution in [3.63, 3.8) is 0 Å². The van der Waals surface area contributed by atoms with E-state index in [1.807, 2.05) is 0 Å². The fourth-order valence-electron chi connectivity index (χ4n) is 4.98. The minimum Gasteiger partial charge on any atom is -0.373 e. The van der Waals surface area contributed by atoms with Crippen molar-refractivity contribution in [2.75, 3.05) is 32.8 Å². The Morgan fingerprint density at radius 3 is 2.82 bits per heavy atom. The number of carbonyl (C=O) groups is 1. The molecule has 4 rings (SSSR count). The van der Waals surface area contributed by atoms with Gasteiger partial charge in [-0.15, -0.1) is 12.4 Å². The zero-order valence-electron chi connectivity index (χ0n) is 17.1. The molecule has 0 radical (unpaired) electrons. The van der Waals surface area contributed by atoms with Gasteiger partial charge in [0.2, 0.25) is 0 Å². The van der Waals surface area contributed by atoms with Gasteiger partial charge in [0.05, 0.1) is 12.2 Å². The van der Waals surface area contributed by atoms with Crippen LogP contribution >= 0.6 is 12.4 Å². The van der Waals surface area contributed by atoms with E-state index in [0.717, 1.165) is 63.3 Å². The number of hydrogen-bond acceptors (Lipinski definition) is 5. The Kier molecular flexibility index (Phi) is 6.69. The molecule has 2 fully saturated rings. The van der Waals surface area contributed by atoms with E-state index in [1.165, 1.54) is 19.3 Å². The maximum absolute atomic E-state index is 12.9. The van der Waals surface area contributed by atoms with Crippen LogP contribution < -0.4 is 10.6 Å². The summed E-state index contributed by atoms with van der Waals surface area (Å²) in [4.78, 5) is 15.5. The summed E-state index contributed by atoms with van der Waals surface area (Å²) in [7, 11) is 0. The third-order valence-corrected chi connectivity index (χ3v) is 6.48. The quantitative estimate of drug-likeness (QED) is 0.706. The summed E-state index contributed by atoms with van der Waals surface area (Å²) >= 11 is 0. The van der Waals surface area contributed by atoms with Crippen molar-refractivity contribution in [2.45, 2.75) is 70.1 Å². The summed E-state index contributed by atoms with van der Waals surface area (Å²) in [5, 5.41) is 13.9. The Bertz CT molecular complexity index is 684. The van der Waals surface area contributed by atoms with Crippen molar-refractivity contribution in [1.29, 1.82) is 0 Å². The van der Waals surface area contributed by atoms with Gasteiger partial charge in [-0.2, -0.15) is 5.10 Å². The lowest BCUT2D eigenvalue weighted by Crippen LogP contribution is -2.63. The molecule has 0 spiro atoms. The van der Waals surface area contributed by atoms with Crippen molar-refractivity contribution in [3.05, 3.63) is 17.0 Å². The van der Waals surface area contributed by atoms with Crippen LogP contribution in [0.1, 0.15) is 67.7 Å². The highest BCUT2D eigenvalue weighted by Crippen LogP contribution is 2.36. The summed E-state index contributed by atoms with van der Waals surface area (Å²) in [6, 6.07) is 0. The molecule has 0 atom stereocenters. The molecule has 0 aromatic carbocycles. The van der Waals surface area contributed by atoms with Crippen molar-refractivity contribution in [2.24, 2.45) is 0 Å². The van der Waals surface area contributed by atoms with E-state index >= 15 is 0 Å². The first-order chi connectivity index (χ1) is 13.0. The molecular formula is C20H34ClN5O2. The molecule has 8 heteroatoms. The molecule has 3 N–H and O–H groups in total. The highest BCUT2D eigenvalue weighted by molar-refractivity contribution is 5.94. The lowest BCUT2D eigenvalue weighted by Gasteiger charge is -2.51. The van der Waals surface area contributed by atoms with Gasteiger partial charge in [-0.1, -0.05) is 19.3 Å². The van der Waals surface area contributed by atoms with Gasteiger partial charge in [-0.25, -0.2) is 0 Å². The smallest absolute Gasteiger partial charge is 0.272 e. The van der Waals surface area contributed by atoms with Crippen LogP contribution in [0.5, 0.6) is 0 Å². The van der Waals surface area contributed by atoms with Crippen LogP contribution in [0.4, 0.5) is 0 Å². The van der Waals surface area contributed by atoms with Crippen LogP contribution in [0.3, 0.4) is 0 Å². The van der Waals surface area contributed by atoms with Crippen LogP contribution in [0.15, 0.2) is 0 Å². The predicted molar refractivity (Wildman–Crippen MR) is 111 cm³/mol. The first-order valence-corrected chi connectivity index (χ1v) is 10.4. The van der Waals surface area contributed by atoms with Crippen LogP contribution in [0.25, 0.3) is 0 Å². The Morgan fingerprint density at radius 2 is 2.07 bits per heavy atom. The highest BCUT2D eigenvalue weighted by Gasteiger charge is 2.42. The molecule has 1 saturated carbocycles. The Morgan fingerprint density at radius 1 is 1.29 bits per heavy atom. The van der Waals surface area contributed by atoms with E-state index in [9.17, 15) is 4.79 Å². The van der Waals surface area contributed by atoms with Gasteiger partial charge < -0.3 is 15.4 Å². The summed E-state index contributed by atoms with van der Waals surface area (Å²) in [5.41, 5.74) is 2.61. The van der Waals surface area contributed by atoms with Crippen LogP contribution in [0.2, 0.25) is 0 Å². The third-order valence-electron chi connectivity index (χ3n) is 6.48. The second kappa shape index (κ2) is 8.69. The molecule has 3 aliphatic rings. The number of aromatic nitrogens is 2. The standard InChI is InChI=1S/C20H33N5O2.ClH/c1-19(2)14-25(10-11-27-19)20(7-4-3-5-8-20)13-22-18(26)17-15-12-21-9-6-16(15)23-24-17;/h21H,3-14H2,1-2H3,(H,22,26)(H,23,24);1H. The van der Waals surface area contributed by atoms with E-state index in [4.69, 9.17) is 4.74 Å². The first-order valence-electron chi connectivity index (χ1n) is 10.4. The number of rotatable bonds is 4. The van der Waals surface area contributed by atoms with Gasteiger partial charge in [0.25, 0.3) is 5.91 Å². The maximum Gasteiger partial charge on any atom is 0.272 e. The van der Waals surface area contributed by atoms with Gasteiger partial charge in [-0.3, -0.25) is 14.8 Å². The fraction of sp³-hybridized carbons (Fsp3) is 0.800. The van der Waals surface area contributed by atoms with Crippen molar-refractivity contribution >= 4 is 18.3 Å². The average molecular weight is 412 g/mol. The number of nitrogens with zero attached hydrogens (tertiary/aromatic N) is 2. The highest BCUT2D eigenvalue weighted by atomic mass is 35.5. The molecular weight excluding hydrogens is 378 g/mol. The molecule has 7 nitrogen and oxygen atoms in total. The molecule has 1 aliphatic carbocycles. The van der Waals surface area contributed by atoms with Crippen LogP contribution in [0, 0.1) is 0 Å². The summed E-state index contributed by atoms with van der Waals surface area (Å²) in [6.07, 6.45) is 6.95. The average Bonchev–Trinajstić information content (AvgIpc) is 3.10. The number of amides is 1. The number of fused-ring (bicyclic) bond motifs is 1. The molecule has 3 heterocycles. The number of aromatic amines is 1. The lowest BCUT2D eigenvalue weighted by atomic mass is 9.79. The van der Waals surface area contributed by atoms with Gasteiger partial charge in [0, 0.05) is 55.9 Å². The van der Waals surface area contributed by atoms with E-state index in [1.54, 1.807) is 0 Å². The minimum absolute atomic E-state index is 0. The summed E-state index contributed by atoms with van der Waals surface area (Å²) in [5.74, 6) is -0.0475. The zero-order valence-corrected chi connectivity index (χ0v) is 17.9. The summed E-state index contributed by atoms with van der Waals surface area (Å²) in [6.45, 7) is 9.31. The van der Waals surface area contributed by atoms with Gasteiger partial charge in [-0.05, 0) is 26.7 Å². The van der Waals surface area contributed by atoms with E-state index in [2.05, 4.69) is 39.6 Å². The molecule has 1 aromatic rings. The fourth-order valence-corrected chi connectivity index (χ4v) is 4.98. The van der Waals surface area contributed by atoms with Crippen molar-refractivity contribution in [3.8, 4) is 0 Å². The number of halogens is 1. The molecule has 1 amide bonds. The SMILES string of the molecule is CC1(C)CN(C2(CNC(=O)c3n[nH]c4c3CNCC4)CCCCC2)CCO1.Cl. The summed E-state index contributed by atoms with van der Waals surface area (Å²) < 4.78 is 5.93. The van der Waals surface area contributed by atoms with Gasteiger partial charge in [0.15, 0.2) is 5.69 Å². The third kappa shape index (κ3) is 4.37. The van der Waals surface area contributed by atoms with Gasteiger partial charge in [0.1, 0.15) is 0 Å². The predicted octanol–water partition coefficient (Wildman–Crippen LogP) is 2.02. The number of H-pyrrole nitrogens is 1. The van der Waals surface area contributed by atoms with Crippen LogP contribution in [-0.4, -0.2) is 64.9 Å². The molecule has 0 bridgehead atoms. The molecule has 0 unspecified atom stereocenters. The molecule has 2 aliphatic heterocycles. The largest absolute Gasteiger partial charge is 0.373 e. The van der Waals surface area contributed by atoms with E-state index in [0.29, 0.717) is 12.2 Å². The maximum atomic E-state index is 12.9. The van der Waals surface area contributed by atoms with E-state index < -0.39 is 0 Å². The van der Waals surface area contributed by atoms with E-state index in [-0.39, 0.29) is 29.5 Å². The number of morpholine rings is 1. The Balaban J connectivity index is 0.00000225. The molecule has 1 aromatic heterocycles. The Hall–Kier alpha value is -1.15. The number of nitrogens with one attached hydrogen (secondary N) is 3. The zero-order chi connectivity index (χ0) is 18.9. The number of carbonyl (C=O) groups excluding carboxylic acids is 1. The first kappa shape index (κ1) is 21.6. The Labute approximate surface area is 173 Å². The monoisotopic (exact) mass is 411 g/mol. The second-order valence-corrected chi connectivity index (χ2v) is 8.95. The minimum atomic E-state index is -0.125. The number of hydrogen-bond donors (Lipinski definition) is 3. The van der Waals surface area contributed by atoms with Gasteiger partial charge >= 0.3 is 0 Å². The number of ether oxygens (including phenoxy) is 1. The topological polar surface area (TPSA) is 82.3 Å². The van der Waals surface area contributed by atoms with Crippen molar-refractivity contribution in [1.82, 2.24) is 25.7 Å². The lowest BCUT2D eigenvalue weighted by molar-refractivity contribution is -0.122. The normalized spacial score (nSPS) is 24.1. The molecule has 28 heavy (non-hydrogen) atoms. The van der Waals surface area contributed by atoms with Crippen molar-refractivity contribution < 1.29 is 9.53 Å². The molecule has 1 saturated heterocycles. The second-order valence-electron chi connectivity index (χ2n) is 8.95.